The van der Waals surface area contributed by atoms with E-state index in [9.17, 15) is 0 Å². The van der Waals surface area contributed by atoms with Gasteiger partial charge in [0.15, 0.2) is 0 Å². The lowest BCUT2D eigenvalue weighted by atomic mass is 9.98. The molecule has 72 valence electrons. The highest BCUT2D eigenvalue weighted by molar-refractivity contribution is 5.85. The van der Waals surface area contributed by atoms with E-state index in [1.165, 1.54) is 21.9 Å². The average Bonchev–Trinajstić information content (AvgIpc) is 2.94. The Kier molecular flexibility index (Phi) is 1.64. The van der Waals surface area contributed by atoms with Gasteiger partial charge in [-0.25, -0.2) is 0 Å². The summed E-state index contributed by atoms with van der Waals surface area (Å²) in [7, 11) is 0. The summed E-state index contributed by atoms with van der Waals surface area (Å²) in [6.45, 7) is 3.05. The molecule has 1 saturated heterocycles. The Hall–Kier alpha value is -1.28. The number of epoxide rings is 1. The summed E-state index contributed by atoms with van der Waals surface area (Å²) in [6, 6.07) is 4.27. The Morgan fingerprint density at radius 2 is 2.21 bits per heavy atom. The molecule has 0 amide bonds. The predicted octanol–water partition coefficient (Wildman–Crippen LogP) is 3.07. The van der Waals surface area contributed by atoms with Crippen LogP contribution in [0.1, 0.15) is 24.2 Å². The molecule has 0 radical (unpaired) electrons. The van der Waals surface area contributed by atoms with Crippen LogP contribution in [0.4, 0.5) is 0 Å². The van der Waals surface area contributed by atoms with E-state index in [0.29, 0.717) is 6.10 Å². The average molecular weight is 188 g/mol. The lowest BCUT2D eigenvalue weighted by molar-refractivity contribution is 0.415. The summed E-state index contributed by atoms with van der Waals surface area (Å²) in [5, 5.41) is 2.42. The van der Waals surface area contributed by atoms with Gasteiger partial charge >= 0.3 is 0 Å². The van der Waals surface area contributed by atoms with E-state index in [-0.39, 0.29) is 0 Å². The van der Waals surface area contributed by atoms with Crippen LogP contribution in [0, 0.1) is 0 Å². The fourth-order valence-corrected chi connectivity index (χ4v) is 2.04. The Morgan fingerprint density at radius 3 is 2.93 bits per heavy atom. The third-order valence-corrected chi connectivity index (χ3v) is 2.84. The fraction of sp³-hybridized carbons (Fsp3) is 0.333. The molecule has 2 aromatic rings. The molecule has 14 heavy (non-hydrogen) atoms. The zero-order valence-electron chi connectivity index (χ0n) is 8.12. The third-order valence-electron chi connectivity index (χ3n) is 2.84. The molecular formula is C12H12O2. The summed E-state index contributed by atoms with van der Waals surface area (Å²) in [4.78, 5) is 0. The van der Waals surface area contributed by atoms with Crippen molar-refractivity contribution in [2.45, 2.75) is 19.4 Å². The van der Waals surface area contributed by atoms with Crippen LogP contribution in [-0.4, -0.2) is 6.61 Å². The summed E-state index contributed by atoms with van der Waals surface area (Å²) < 4.78 is 10.6. The van der Waals surface area contributed by atoms with Gasteiger partial charge in [-0.05, 0) is 17.5 Å². The van der Waals surface area contributed by atoms with Crippen molar-refractivity contribution in [2.75, 3.05) is 6.61 Å². The van der Waals surface area contributed by atoms with Crippen LogP contribution >= 0.6 is 0 Å². The summed E-state index contributed by atoms with van der Waals surface area (Å²) >= 11 is 0. The highest BCUT2D eigenvalue weighted by Crippen LogP contribution is 2.36. The second kappa shape index (κ2) is 2.85. The minimum atomic E-state index is 0.337. The van der Waals surface area contributed by atoms with E-state index in [4.69, 9.17) is 9.15 Å². The first-order valence-electron chi connectivity index (χ1n) is 4.99. The first kappa shape index (κ1) is 8.06. The molecule has 0 aliphatic carbocycles. The lowest BCUT2D eigenvalue weighted by Gasteiger charge is -2.05. The van der Waals surface area contributed by atoms with Crippen molar-refractivity contribution >= 4 is 10.8 Å². The molecule has 3 rings (SSSR count). The first-order chi connectivity index (χ1) is 6.90. The molecule has 1 aliphatic heterocycles. The number of rotatable bonds is 2. The van der Waals surface area contributed by atoms with E-state index in [1.807, 2.05) is 6.26 Å². The van der Waals surface area contributed by atoms with Crippen molar-refractivity contribution in [1.82, 2.24) is 0 Å². The number of fused-ring (bicyclic) bond motifs is 1. The number of benzene rings is 1. The molecule has 2 nitrogen and oxygen atoms in total. The molecule has 0 spiro atoms. The molecule has 1 aromatic heterocycles. The highest BCUT2D eigenvalue weighted by atomic mass is 16.6. The summed E-state index contributed by atoms with van der Waals surface area (Å²) in [5.74, 6) is 0. The van der Waals surface area contributed by atoms with Gasteiger partial charge in [-0.1, -0.05) is 19.1 Å². The normalized spacial score (nSPS) is 20.2. The lowest BCUT2D eigenvalue weighted by Crippen LogP contribution is -1.91. The molecule has 0 N–H and O–H groups in total. The van der Waals surface area contributed by atoms with E-state index in [0.717, 1.165) is 13.0 Å². The number of furan rings is 1. The maximum absolute atomic E-state index is 5.33. The van der Waals surface area contributed by atoms with E-state index in [2.05, 4.69) is 19.1 Å². The molecule has 1 aromatic carbocycles. The van der Waals surface area contributed by atoms with Crippen molar-refractivity contribution in [3.63, 3.8) is 0 Å². The van der Waals surface area contributed by atoms with Gasteiger partial charge in [-0.15, -0.1) is 0 Å². The minimum Gasteiger partial charge on any atom is -0.471 e. The van der Waals surface area contributed by atoms with Gasteiger partial charge in [0, 0.05) is 10.8 Å². The number of hydrogen-bond acceptors (Lipinski definition) is 2. The second-order valence-electron chi connectivity index (χ2n) is 3.68. The zero-order chi connectivity index (χ0) is 9.54. The maximum atomic E-state index is 5.33. The van der Waals surface area contributed by atoms with E-state index < -0.39 is 0 Å². The van der Waals surface area contributed by atoms with Crippen LogP contribution < -0.4 is 0 Å². The van der Waals surface area contributed by atoms with Gasteiger partial charge in [0.2, 0.25) is 0 Å². The zero-order valence-corrected chi connectivity index (χ0v) is 8.12. The van der Waals surface area contributed by atoms with E-state index >= 15 is 0 Å². The van der Waals surface area contributed by atoms with Gasteiger partial charge in [-0.2, -0.15) is 0 Å². The summed E-state index contributed by atoms with van der Waals surface area (Å²) in [5.41, 5.74) is 2.71. The van der Waals surface area contributed by atoms with Crippen molar-refractivity contribution in [1.29, 1.82) is 0 Å². The maximum Gasteiger partial charge on any atom is 0.106 e. The second-order valence-corrected chi connectivity index (χ2v) is 3.68. The number of aryl methyl sites for hydroxylation is 1. The van der Waals surface area contributed by atoms with Crippen LogP contribution in [0.25, 0.3) is 10.8 Å². The molecule has 2 heteroatoms. The molecular weight excluding hydrogens is 176 g/mol. The molecule has 2 heterocycles. The quantitative estimate of drug-likeness (QED) is 0.677. The number of hydrogen-bond donors (Lipinski definition) is 0. The van der Waals surface area contributed by atoms with Gasteiger partial charge in [-0.3, -0.25) is 0 Å². The molecule has 0 bridgehead atoms. The van der Waals surface area contributed by atoms with Crippen molar-refractivity contribution in [3.05, 3.63) is 35.8 Å². The van der Waals surface area contributed by atoms with Crippen LogP contribution in [0.15, 0.2) is 29.1 Å². The Labute approximate surface area is 82.5 Å². The number of ether oxygens (including phenoxy) is 1. The van der Waals surface area contributed by atoms with Crippen LogP contribution in [-0.2, 0) is 11.2 Å². The van der Waals surface area contributed by atoms with Gasteiger partial charge in [0.1, 0.15) is 6.10 Å². The first-order valence-corrected chi connectivity index (χ1v) is 4.99. The fourth-order valence-electron chi connectivity index (χ4n) is 2.04. The summed E-state index contributed by atoms with van der Waals surface area (Å²) in [6.07, 6.45) is 5.00. The molecule has 1 unspecified atom stereocenters. The highest BCUT2D eigenvalue weighted by Gasteiger charge is 2.27. The molecule has 0 saturated carbocycles. The van der Waals surface area contributed by atoms with Crippen molar-refractivity contribution < 1.29 is 9.15 Å². The Morgan fingerprint density at radius 1 is 1.36 bits per heavy atom. The van der Waals surface area contributed by atoms with Crippen LogP contribution in [0.5, 0.6) is 0 Å². The topological polar surface area (TPSA) is 25.7 Å². The van der Waals surface area contributed by atoms with Crippen LogP contribution in [0.3, 0.4) is 0 Å². The van der Waals surface area contributed by atoms with Gasteiger partial charge in [0.25, 0.3) is 0 Å². The molecule has 1 aliphatic rings. The third kappa shape index (κ3) is 1.07. The van der Waals surface area contributed by atoms with Gasteiger partial charge in [0.05, 0.1) is 19.1 Å². The SMILES string of the molecule is CCc1c(C2CO2)ccc2cocc12. The Bertz CT molecular complexity index is 466. The standard InChI is InChI=1S/C12H12O2/c1-2-9-10(12-7-14-12)4-3-8-5-13-6-11(8)9/h3-6,12H,2,7H2,1H3. The van der Waals surface area contributed by atoms with E-state index in [1.54, 1.807) is 6.26 Å². The Balaban J connectivity index is 2.28. The molecule has 1 fully saturated rings. The van der Waals surface area contributed by atoms with Crippen LogP contribution in [0.2, 0.25) is 0 Å². The minimum absolute atomic E-state index is 0.337. The molecule has 1 atom stereocenters. The monoisotopic (exact) mass is 188 g/mol. The largest absolute Gasteiger partial charge is 0.471 e. The van der Waals surface area contributed by atoms with Crippen molar-refractivity contribution in [2.24, 2.45) is 0 Å². The van der Waals surface area contributed by atoms with Gasteiger partial charge < -0.3 is 9.15 Å². The van der Waals surface area contributed by atoms with Crippen molar-refractivity contribution in [3.8, 4) is 0 Å². The smallest absolute Gasteiger partial charge is 0.106 e. The predicted molar refractivity (Wildman–Crippen MR) is 54.3 cm³/mol.